The fourth-order valence-electron chi connectivity index (χ4n) is 2.23. The number of hydrogen-bond acceptors (Lipinski definition) is 3. The van der Waals surface area contributed by atoms with Crippen molar-refractivity contribution in [3.8, 4) is 0 Å². The summed E-state index contributed by atoms with van der Waals surface area (Å²) in [5.74, 6) is 0.328. The number of amides is 1. The van der Waals surface area contributed by atoms with E-state index < -0.39 is 0 Å². The Bertz CT molecular complexity index is 820. The highest BCUT2D eigenvalue weighted by atomic mass is 35.5. The zero-order valence-electron chi connectivity index (χ0n) is 12.9. The van der Waals surface area contributed by atoms with Crippen molar-refractivity contribution in [1.82, 2.24) is 10.3 Å². The highest BCUT2D eigenvalue weighted by molar-refractivity contribution is 6.30. The summed E-state index contributed by atoms with van der Waals surface area (Å²) >= 11 is 5.89. The molecular weight excluding hydrogens is 322 g/mol. The minimum absolute atomic E-state index is 0.177. The maximum absolute atomic E-state index is 12.5. The number of nitrogens with zero attached hydrogens (tertiary/aromatic N) is 1. The molecular formula is C19H16ClN3O. The maximum Gasteiger partial charge on any atom is 0.255 e. The Hall–Kier alpha value is -2.85. The van der Waals surface area contributed by atoms with Crippen LogP contribution < -0.4 is 10.6 Å². The standard InChI is InChI=1S/C19H16ClN3O/c20-15-8-10-16(11-9-15)23-18-17(7-4-12-21-18)19(24)22-13-14-5-2-1-3-6-14/h1-12H,13H2,(H,21,23)(H,22,24). The monoisotopic (exact) mass is 337 g/mol. The van der Waals surface area contributed by atoms with Crippen LogP contribution >= 0.6 is 11.6 Å². The van der Waals surface area contributed by atoms with Crippen molar-refractivity contribution in [2.75, 3.05) is 5.32 Å². The molecule has 24 heavy (non-hydrogen) atoms. The molecule has 0 aliphatic rings. The third-order valence-electron chi connectivity index (χ3n) is 3.46. The van der Waals surface area contributed by atoms with Gasteiger partial charge in [0.25, 0.3) is 5.91 Å². The van der Waals surface area contributed by atoms with Crippen molar-refractivity contribution in [2.24, 2.45) is 0 Å². The largest absolute Gasteiger partial charge is 0.348 e. The van der Waals surface area contributed by atoms with E-state index in [2.05, 4.69) is 15.6 Å². The van der Waals surface area contributed by atoms with Gasteiger partial charge < -0.3 is 10.6 Å². The van der Waals surface area contributed by atoms with Crippen molar-refractivity contribution in [3.63, 3.8) is 0 Å². The highest BCUT2D eigenvalue weighted by Crippen LogP contribution is 2.20. The van der Waals surface area contributed by atoms with Gasteiger partial charge in [-0.25, -0.2) is 4.98 Å². The van der Waals surface area contributed by atoms with Crippen LogP contribution in [0.2, 0.25) is 5.02 Å². The predicted molar refractivity (Wildman–Crippen MR) is 96.6 cm³/mol. The Morgan fingerprint density at radius 3 is 2.46 bits per heavy atom. The fourth-order valence-corrected chi connectivity index (χ4v) is 2.36. The van der Waals surface area contributed by atoms with Gasteiger partial charge in [0.05, 0.1) is 5.56 Å². The Balaban J connectivity index is 1.73. The first-order valence-corrected chi connectivity index (χ1v) is 7.90. The normalized spacial score (nSPS) is 10.2. The molecule has 0 aliphatic heterocycles. The second-order valence-electron chi connectivity index (χ2n) is 5.20. The number of halogens is 1. The molecule has 1 aromatic heterocycles. The van der Waals surface area contributed by atoms with E-state index in [1.54, 1.807) is 30.5 Å². The van der Waals surface area contributed by atoms with Gasteiger partial charge in [0.15, 0.2) is 0 Å². The molecule has 0 saturated carbocycles. The second-order valence-corrected chi connectivity index (χ2v) is 5.64. The summed E-state index contributed by atoms with van der Waals surface area (Å²) in [5.41, 5.74) is 2.35. The molecule has 3 aromatic rings. The van der Waals surface area contributed by atoms with Gasteiger partial charge in [-0.2, -0.15) is 0 Å². The molecule has 2 aromatic carbocycles. The van der Waals surface area contributed by atoms with Crippen LogP contribution in [0, 0.1) is 0 Å². The number of rotatable bonds is 5. The summed E-state index contributed by atoms with van der Waals surface area (Å²) < 4.78 is 0. The predicted octanol–water partition coefficient (Wildman–Crippen LogP) is 4.41. The smallest absolute Gasteiger partial charge is 0.255 e. The first kappa shape index (κ1) is 16.0. The maximum atomic E-state index is 12.5. The molecule has 0 unspecified atom stereocenters. The molecule has 5 heteroatoms. The highest BCUT2D eigenvalue weighted by Gasteiger charge is 2.12. The van der Waals surface area contributed by atoms with Gasteiger partial charge in [0.2, 0.25) is 0 Å². The van der Waals surface area contributed by atoms with Crippen molar-refractivity contribution in [1.29, 1.82) is 0 Å². The number of pyridine rings is 1. The Kier molecular flexibility index (Phi) is 5.08. The van der Waals surface area contributed by atoms with Gasteiger partial charge >= 0.3 is 0 Å². The van der Waals surface area contributed by atoms with E-state index in [9.17, 15) is 4.79 Å². The lowest BCUT2D eigenvalue weighted by Crippen LogP contribution is -2.24. The summed E-state index contributed by atoms with van der Waals surface area (Å²) in [6.07, 6.45) is 1.65. The third kappa shape index (κ3) is 4.12. The van der Waals surface area contributed by atoms with Crippen LogP contribution in [0.15, 0.2) is 72.9 Å². The van der Waals surface area contributed by atoms with Crippen LogP contribution in [0.3, 0.4) is 0 Å². The summed E-state index contributed by atoms with van der Waals surface area (Å²) in [6.45, 7) is 0.467. The average Bonchev–Trinajstić information content (AvgIpc) is 2.63. The van der Waals surface area contributed by atoms with Gasteiger partial charge in [-0.1, -0.05) is 41.9 Å². The topological polar surface area (TPSA) is 54.0 Å². The van der Waals surface area contributed by atoms with Crippen molar-refractivity contribution in [2.45, 2.75) is 6.54 Å². The lowest BCUT2D eigenvalue weighted by atomic mass is 10.2. The summed E-state index contributed by atoms with van der Waals surface area (Å²) in [5, 5.41) is 6.71. The van der Waals surface area contributed by atoms with E-state index in [0.29, 0.717) is 22.9 Å². The van der Waals surface area contributed by atoms with Gasteiger partial charge in [0.1, 0.15) is 5.82 Å². The zero-order valence-corrected chi connectivity index (χ0v) is 13.6. The Morgan fingerprint density at radius 2 is 1.71 bits per heavy atom. The number of carbonyl (C=O) groups excluding carboxylic acids is 1. The van der Waals surface area contributed by atoms with E-state index in [1.807, 2.05) is 42.5 Å². The molecule has 0 radical (unpaired) electrons. The lowest BCUT2D eigenvalue weighted by Gasteiger charge is -2.11. The number of hydrogen-bond donors (Lipinski definition) is 2. The minimum Gasteiger partial charge on any atom is -0.348 e. The quantitative estimate of drug-likeness (QED) is 0.725. The van der Waals surface area contributed by atoms with Gasteiger partial charge in [-0.05, 0) is 42.0 Å². The van der Waals surface area contributed by atoms with Crippen LogP contribution in [0.5, 0.6) is 0 Å². The Morgan fingerprint density at radius 1 is 0.958 bits per heavy atom. The lowest BCUT2D eigenvalue weighted by molar-refractivity contribution is 0.0951. The van der Waals surface area contributed by atoms with Crippen LogP contribution in [0.1, 0.15) is 15.9 Å². The zero-order chi connectivity index (χ0) is 16.8. The van der Waals surface area contributed by atoms with Crippen LogP contribution in [-0.2, 0) is 6.54 Å². The minimum atomic E-state index is -0.177. The van der Waals surface area contributed by atoms with Crippen molar-refractivity contribution >= 4 is 29.0 Å². The molecule has 0 atom stereocenters. The van der Waals surface area contributed by atoms with Gasteiger partial charge in [-0.15, -0.1) is 0 Å². The van der Waals surface area contributed by atoms with Gasteiger partial charge in [0, 0.05) is 23.5 Å². The SMILES string of the molecule is O=C(NCc1ccccc1)c1cccnc1Nc1ccc(Cl)cc1. The summed E-state index contributed by atoms with van der Waals surface area (Å²) in [6, 6.07) is 20.5. The van der Waals surface area contributed by atoms with E-state index in [-0.39, 0.29) is 5.91 Å². The van der Waals surface area contributed by atoms with E-state index >= 15 is 0 Å². The van der Waals surface area contributed by atoms with E-state index in [0.717, 1.165) is 11.3 Å². The number of nitrogens with one attached hydrogen (secondary N) is 2. The molecule has 3 rings (SSSR count). The molecule has 1 heterocycles. The van der Waals surface area contributed by atoms with Crippen LogP contribution in [0.25, 0.3) is 0 Å². The number of benzene rings is 2. The molecule has 4 nitrogen and oxygen atoms in total. The molecule has 0 saturated heterocycles. The molecule has 0 bridgehead atoms. The first-order chi connectivity index (χ1) is 11.7. The summed E-state index contributed by atoms with van der Waals surface area (Å²) in [4.78, 5) is 16.7. The molecule has 120 valence electrons. The Labute approximate surface area is 145 Å². The number of aromatic nitrogens is 1. The molecule has 2 N–H and O–H groups in total. The molecule has 0 aliphatic carbocycles. The first-order valence-electron chi connectivity index (χ1n) is 7.52. The van der Waals surface area contributed by atoms with Crippen LogP contribution in [0.4, 0.5) is 11.5 Å². The molecule has 0 spiro atoms. The molecule has 0 fully saturated rings. The second kappa shape index (κ2) is 7.62. The third-order valence-corrected chi connectivity index (χ3v) is 3.71. The summed E-state index contributed by atoms with van der Waals surface area (Å²) in [7, 11) is 0. The van der Waals surface area contributed by atoms with Gasteiger partial charge in [-0.3, -0.25) is 4.79 Å². The van der Waals surface area contributed by atoms with Crippen LogP contribution in [-0.4, -0.2) is 10.9 Å². The van der Waals surface area contributed by atoms with Crippen molar-refractivity contribution < 1.29 is 4.79 Å². The number of anilines is 2. The van der Waals surface area contributed by atoms with E-state index in [4.69, 9.17) is 11.6 Å². The molecule has 1 amide bonds. The van der Waals surface area contributed by atoms with Crippen molar-refractivity contribution in [3.05, 3.63) is 89.1 Å². The number of carbonyl (C=O) groups is 1. The van der Waals surface area contributed by atoms with E-state index in [1.165, 1.54) is 0 Å². The average molecular weight is 338 g/mol. The fraction of sp³-hybridized carbons (Fsp3) is 0.0526.